The number of esters is 1. The van der Waals surface area contributed by atoms with Crippen molar-refractivity contribution in [3.63, 3.8) is 0 Å². The second-order valence-corrected chi connectivity index (χ2v) is 8.22. The maximum Gasteiger partial charge on any atom is 0.338 e. The van der Waals surface area contributed by atoms with Gasteiger partial charge in [-0.25, -0.2) is 4.79 Å². The van der Waals surface area contributed by atoms with Crippen LogP contribution in [0.2, 0.25) is 0 Å². The van der Waals surface area contributed by atoms with Crippen LogP contribution in [0.15, 0.2) is 18.2 Å². The zero-order valence-corrected chi connectivity index (χ0v) is 18.7. The van der Waals surface area contributed by atoms with Crippen LogP contribution < -0.4 is 10.2 Å². The first kappa shape index (κ1) is 24.5. The van der Waals surface area contributed by atoms with Gasteiger partial charge < -0.3 is 19.0 Å². The minimum Gasteiger partial charge on any atom is -0.494 e. The fourth-order valence-electron chi connectivity index (χ4n) is 2.36. The van der Waals surface area contributed by atoms with Gasteiger partial charge in [0, 0.05) is 5.60 Å². The smallest absolute Gasteiger partial charge is 0.338 e. The summed E-state index contributed by atoms with van der Waals surface area (Å²) < 4.78 is 17.0. The Kier molecular flexibility index (Phi) is 10.6. The molecule has 0 saturated carbocycles. The van der Waals surface area contributed by atoms with Crippen LogP contribution in [0.25, 0.3) is 0 Å². The van der Waals surface area contributed by atoms with Gasteiger partial charge in [-0.2, -0.15) is 0 Å². The van der Waals surface area contributed by atoms with E-state index in [0.717, 1.165) is 31.3 Å². The number of unbranched alkanes of at least 4 members (excludes halogenated alkanes) is 2. The molecule has 0 aliphatic heterocycles. The third-order valence-corrected chi connectivity index (χ3v) is 4.85. The van der Waals surface area contributed by atoms with E-state index in [1.165, 1.54) is 0 Å². The van der Waals surface area contributed by atoms with Crippen LogP contribution in [0.4, 0.5) is 0 Å². The topological polar surface area (TPSA) is 48.0 Å². The molecule has 0 heterocycles. The number of carbonyl (C=O) groups is 1. The Morgan fingerprint density at radius 2 is 1.86 bits per heavy atom. The Labute approximate surface area is 172 Å². The van der Waals surface area contributed by atoms with E-state index in [4.69, 9.17) is 14.1 Å². The van der Waals surface area contributed by atoms with Crippen LogP contribution in [0.5, 0.6) is 5.75 Å². The largest absolute Gasteiger partial charge is 0.494 e. The van der Waals surface area contributed by atoms with Crippen molar-refractivity contribution in [2.45, 2.75) is 59.5 Å². The SMILES string of the molecule is CCOC(=O)c1cc([B]OC(C)(C)C(C)C)cc(OCCCCCN(C)C)c1. The van der Waals surface area contributed by atoms with Crippen molar-refractivity contribution in [2.24, 2.45) is 5.92 Å². The minimum atomic E-state index is -0.350. The van der Waals surface area contributed by atoms with Crippen LogP contribution >= 0.6 is 0 Å². The van der Waals surface area contributed by atoms with Gasteiger partial charge in [0.2, 0.25) is 0 Å². The van der Waals surface area contributed by atoms with E-state index in [1.807, 2.05) is 6.07 Å². The summed E-state index contributed by atoms with van der Waals surface area (Å²) in [6.45, 7) is 12.2. The second-order valence-electron chi connectivity index (χ2n) is 8.22. The van der Waals surface area contributed by atoms with Gasteiger partial charge in [0.25, 0.3) is 0 Å². The Morgan fingerprint density at radius 3 is 2.46 bits per heavy atom. The lowest BCUT2D eigenvalue weighted by atomic mass is 9.83. The lowest BCUT2D eigenvalue weighted by Crippen LogP contribution is -2.36. The van der Waals surface area contributed by atoms with Crippen LogP contribution in [0, 0.1) is 5.92 Å². The van der Waals surface area contributed by atoms with Crippen LogP contribution in [-0.2, 0) is 9.39 Å². The van der Waals surface area contributed by atoms with Crippen molar-refractivity contribution in [2.75, 3.05) is 33.9 Å². The highest BCUT2D eigenvalue weighted by Gasteiger charge is 2.23. The van der Waals surface area contributed by atoms with Crippen molar-refractivity contribution in [3.8, 4) is 5.75 Å². The van der Waals surface area contributed by atoms with Crippen LogP contribution in [0.3, 0.4) is 0 Å². The number of ether oxygens (including phenoxy) is 2. The minimum absolute atomic E-state index is 0.298. The number of benzene rings is 1. The molecule has 1 aromatic carbocycles. The Hall–Kier alpha value is -1.53. The molecule has 0 aromatic heterocycles. The molecule has 0 N–H and O–H groups in total. The highest BCUT2D eigenvalue weighted by molar-refractivity contribution is 6.47. The highest BCUT2D eigenvalue weighted by Crippen LogP contribution is 2.20. The zero-order valence-electron chi connectivity index (χ0n) is 18.7. The fourth-order valence-corrected chi connectivity index (χ4v) is 2.36. The van der Waals surface area contributed by atoms with Crippen molar-refractivity contribution in [1.29, 1.82) is 0 Å². The summed E-state index contributed by atoms with van der Waals surface area (Å²) in [5.74, 6) is 0.668. The molecule has 157 valence electrons. The summed E-state index contributed by atoms with van der Waals surface area (Å²) in [4.78, 5) is 14.4. The first-order chi connectivity index (χ1) is 13.2. The van der Waals surface area contributed by atoms with E-state index in [2.05, 4.69) is 46.7 Å². The molecule has 6 heteroatoms. The van der Waals surface area contributed by atoms with Gasteiger partial charge in [-0.15, -0.1) is 0 Å². The maximum absolute atomic E-state index is 12.2. The van der Waals surface area contributed by atoms with Gasteiger partial charge in [0.05, 0.1) is 18.8 Å². The maximum atomic E-state index is 12.2. The van der Waals surface area contributed by atoms with Gasteiger partial charge >= 0.3 is 13.5 Å². The zero-order chi connectivity index (χ0) is 21.2. The predicted molar refractivity (Wildman–Crippen MR) is 116 cm³/mol. The van der Waals surface area contributed by atoms with Crippen molar-refractivity contribution in [1.82, 2.24) is 4.90 Å². The number of nitrogens with zero attached hydrogens (tertiary/aromatic N) is 1. The van der Waals surface area contributed by atoms with Crippen molar-refractivity contribution < 1.29 is 18.9 Å². The van der Waals surface area contributed by atoms with E-state index >= 15 is 0 Å². The standard InChI is InChI=1S/C22H37BNO4/c1-8-26-21(25)18-14-19(23-28-22(4,5)17(2)3)16-20(15-18)27-13-11-9-10-12-24(6)7/h14-17H,8-13H2,1-7H3. The molecule has 1 rings (SSSR count). The second kappa shape index (κ2) is 12.1. The van der Waals surface area contributed by atoms with E-state index in [0.29, 0.717) is 30.4 Å². The molecule has 0 aliphatic carbocycles. The molecule has 0 atom stereocenters. The normalized spacial score (nSPS) is 11.8. The quantitative estimate of drug-likeness (QED) is 0.292. The Morgan fingerprint density at radius 1 is 1.14 bits per heavy atom. The summed E-state index contributed by atoms with van der Waals surface area (Å²) in [7, 11) is 5.86. The molecule has 1 radical (unpaired) electrons. The third kappa shape index (κ3) is 9.11. The van der Waals surface area contributed by atoms with E-state index in [1.54, 1.807) is 26.5 Å². The molecule has 28 heavy (non-hydrogen) atoms. The van der Waals surface area contributed by atoms with Crippen LogP contribution in [-0.4, -0.2) is 57.8 Å². The average molecular weight is 390 g/mol. The summed E-state index contributed by atoms with van der Waals surface area (Å²) in [5.41, 5.74) is 0.971. The molecule has 0 amide bonds. The molecule has 1 aromatic rings. The molecule has 0 saturated heterocycles. The van der Waals surface area contributed by atoms with Crippen LogP contribution in [0.1, 0.15) is 64.2 Å². The Bertz CT molecular complexity index is 602. The van der Waals surface area contributed by atoms with Gasteiger partial charge in [-0.05, 0) is 84.2 Å². The number of rotatable bonds is 13. The van der Waals surface area contributed by atoms with Gasteiger partial charge in [0.1, 0.15) is 5.75 Å². The highest BCUT2D eigenvalue weighted by atomic mass is 16.5. The lowest BCUT2D eigenvalue weighted by molar-refractivity contribution is 0.0526. The lowest BCUT2D eigenvalue weighted by Gasteiger charge is -2.30. The first-order valence-electron chi connectivity index (χ1n) is 10.3. The molecular formula is C22H37BNO4. The van der Waals surface area contributed by atoms with E-state index < -0.39 is 0 Å². The molecular weight excluding hydrogens is 353 g/mol. The Balaban J connectivity index is 2.76. The van der Waals surface area contributed by atoms with Gasteiger partial charge in [0.15, 0.2) is 0 Å². The fraction of sp³-hybridized carbons (Fsp3) is 0.682. The predicted octanol–water partition coefficient (Wildman–Crippen LogP) is 3.67. The van der Waals surface area contributed by atoms with E-state index in [9.17, 15) is 4.79 Å². The molecule has 0 aliphatic rings. The molecule has 0 fully saturated rings. The number of hydrogen-bond donors (Lipinski definition) is 0. The summed E-state index contributed by atoms with van der Waals surface area (Å²) in [5, 5.41) is 0. The molecule has 0 spiro atoms. The average Bonchev–Trinajstić information content (AvgIpc) is 2.62. The van der Waals surface area contributed by atoms with Crippen molar-refractivity contribution in [3.05, 3.63) is 23.8 Å². The third-order valence-electron chi connectivity index (χ3n) is 4.85. The number of carbonyl (C=O) groups excluding carboxylic acids is 1. The molecule has 0 unspecified atom stereocenters. The number of hydrogen-bond acceptors (Lipinski definition) is 5. The summed E-state index contributed by atoms with van der Waals surface area (Å²) >= 11 is 0. The molecule has 5 nitrogen and oxygen atoms in total. The monoisotopic (exact) mass is 390 g/mol. The molecule has 0 bridgehead atoms. The van der Waals surface area contributed by atoms with Gasteiger partial charge in [-0.3, -0.25) is 0 Å². The van der Waals surface area contributed by atoms with Crippen molar-refractivity contribution >= 4 is 18.9 Å². The van der Waals surface area contributed by atoms with Gasteiger partial charge in [-0.1, -0.05) is 19.9 Å². The summed E-state index contributed by atoms with van der Waals surface area (Å²) in [6.07, 6.45) is 3.24. The summed E-state index contributed by atoms with van der Waals surface area (Å²) in [6, 6.07) is 5.42. The first-order valence-corrected chi connectivity index (χ1v) is 10.3. The van der Waals surface area contributed by atoms with E-state index in [-0.39, 0.29) is 11.6 Å².